The van der Waals surface area contributed by atoms with E-state index in [1.807, 2.05) is 0 Å². The summed E-state index contributed by atoms with van der Waals surface area (Å²) in [7, 11) is 0. The third-order valence-electron chi connectivity index (χ3n) is 0.528. The first-order valence-corrected chi connectivity index (χ1v) is 2.24. The molecule has 52 valence electrons. The monoisotopic (exact) mass is 162 g/mol. The van der Waals surface area contributed by atoms with Crippen LogP contribution in [0, 0.1) is 0 Å². The summed E-state index contributed by atoms with van der Waals surface area (Å²) in [6, 6.07) is 0. The number of rotatable bonds is 3. The summed E-state index contributed by atoms with van der Waals surface area (Å²) in [6.07, 6.45) is -0.926. The Bertz CT molecular complexity index is 75.0. The van der Waals surface area contributed by atoms with Gasteiger partial charge in [-0.1, -0.05) is 0 Å². The molecule has 0 bridgehead atoms. The molecule has 0 heterocycles. The Balaban J connectivity index is 0. The van der Waals surface area contributed by atoms with Gasteiger partial charge < -0.3 is 14.9 Å². The Hall–Kier alpha value is 0.490. The van der Waals surface area contributed by atoms with Crippen LogP contribution in [0.1, 0.15) is 6.42 Å². The van der Waals surface area contributed by atoms with Crippen LogP contribution in [0.25, 0.3) is 0 Å². The van der Waals surface area contributed by atoms with E-state index in [9.17, 15) is 4.79 Å². The van der Waals surface area contributed by atoms with Gasteiger partial charge in [-0.15, -0.1) is 0 Å². The summed E-state index contributed by atoms with van der Waals surface area (Å²) in [4.78, 5) is 9.57. The average Bonchev–Trinajstić information content (AvgIpc) is 1.66. The summed E-state index contributed by atoms with van der Waals surface area (Å²) in [5.41, 5.74) is 0. The Kier molecular flexibility index (Phi) is 11.5. The van der Waals surface area contributed by atoms with Crippen molar-refractivity contribution in [2.45, 2.75) is 6.42 Å². The zero-order valence-corrected chi connectivity index (χ0v) is 4.33. The van der Waals surface area contributed by atoms with Crippen LogP contribution in [-0.2, 0) is 4.74 Å². The van der Waals surface area contributed by atoms with Gasteiger partial charge in [-0.25, -0.2) is 4.79 Å². The van der Waals surface area contributed by atoms with Gasteiger partial charge >= 0.3 is 43.9 Å². The molecule has 0 aliphatic heterocycles. The van der Waals surface area contributed by atoms with Crippen LogP contribution >= 0.6 is 0 Å². The molecule has 0 aromatic carbocycles. The number of carbonyl (C=O) groups is 1. The Labute approximate surface area is 82.8 Å². The van der Waals surface area contributed by atoms with Crippen molar-refractivity contribution in [1.82, 2.24) is 0 Å². The molecule has 0 rings (SSSR count). The van der Waals surface area contributed by atoms with Crippen molar-refractivity contribution < 1.29 is 19.7 Å². The van der Waals surface area contributed by atoms with E-state index in [-0.39, 0.29) is 51.0 Å². The second-order valence-corrected chi connectivity index (χ2v) is 1.19. The molecule has 0 saturated carbocycles. The molecule has 0 aromatic heterocycles. The summed E-state index contributed by atoms with van der Waals surface area (Å²) >= 11 is 0. The number of ether oxygens (including phenoxy) is 1. The number of hydrogen-bond acceptors (Lipinski definition) is 3. The number of carboxylic acid groups (broad SMARTS) is 1. The van der Waals surface area contributed by atoms with E-state index in [1.54, 1.807) is 0 Å². The van der Waals surface area contributed by atoms with Gasteiger partial charge in [0.2, 0.25) is 0 Å². The summed E-state index contributed by atoms with van der Waals surface area (Å²) in [5.74, 6) is 0. The van der Waals surface area contributed by atoms with Gasteiger partial charge in [-0.05, 0) is 0 Å². The summed E-state index contributed by atoms with van der Waals surface area (Å²) in [6.45, 7) is 0.0408. The van der Waals surface area contributed by atoms with E-state index in [4.69, 9.17) is 10.2 Å². The van der Waals surface area contributed by atoms with Crippen molar-refractivity contribution >= 4 is 43.9 Å². The number of aliphatic hydroxyl groups is 1. The maximum atomic E-state index is 9.57. The van der Waals surface area contributed by atoms with E-state index in [1.165, 1.54) is 0 Å². The molecular weight excluding hydrogens is 152 g/mol. The quantitative estimate of drug-likeness (QED) is 0.322. The van der Waals surface area contributed by atoms with Gasteiger partial charge in [0.1, 0.15) is 0 Å². The molecule has 0 spiro atoms. The molecule has 0 radical (unpaired) electrons. The minimum absolute atomic E-state index is 0. The minimum atomic E-state index is -1.29. The van der Waals surface area contributed by atoms with Gasteiger partial charge in [0.25, 0.3) is 0 Å². The van der Waals surface area contributed by atoms with Crippen LogP contribution in [0.3, 0.4) is 0 Å². The zero-order valence-electron chi connectivity index (χ0n) is 4.33. The zero-order chi connectivity index (χ0) is 6.41. The van der Waals surface area contributed by atoms with Crippen LogP contribution in [0.5, 0.6) is 0 Å². The number of aliphatic hydroxyl groups excluding tert-OH is 1. The Morgan fingerprint density at radius 3 is 2.44 bits per heavy atom. The van der Waals surface area contributed by atoms with Crippen LogP contribution in [0.15, 0.2) is 0 Å². The first-order chi connectivity index (χ1) is 3.77. The third kappa shape index (κ3) is 11.9. The molecule has 0 aliphatic carbocycles. The van der Waals surface area contributed by atoms with Crippen molar-refractivity contribution in [3.63, 3.8) is 0 Å². The fourth-order valence-electron chi connectivity index (χ4n) is 0.224. The third-order valence-corrected chi connectivity index (χ3v) is 0.528. The molecule has 5 heteroatoms. The maximum absolute atomic E-state index is 9.57. The van der Waals surface area contributed by atoms with E-state index in [0.717, 1.165) is 0 Å². The fourth-order valence-corrected chi connectivity index (χ4v) is 0.224. The van der Waals surface area contributed by atoms with Crippen molar-refractivity contribution in [3.05, 3.63) is 0 Å². The van der Waals surface area contributed by atoms with Crippen LogP contribution < -0.4 is 0 Å². The molecule has 0 amide bonds. The second kappa shape index (κ2) is 8.49. The number of hydrogen-bond donors (Lipinski definition) is 2. The Morgan fingerprint density at radius 1 is 1.56 bits per heavy atom. The van der Waals surface area contributed by atoms with Gasteiger partial charge in [-0.2, -0.15) is 0 Å². The van der Waals surface area contributed by atoms with Crippen molar-refractivity contribution in [1.29, 1.82) is 0 Å². The van der Waals surface area contributed by atoms with Crippen molar-refractivity contribution in [2.24, 2.45) is 0 Å². The van der Waals surface area contributed by atoms with Gasteiger partial charge in [0.05, 0.1) is 6.61 Å². The molecule has 0 unspecified atom stereocenters. The Morgan fingerprint density at radius 2 is 2.11 bits per heavy atom. The summed E-state index contributed by atoms with van der Waals surface area (Å²) < 4.78 is 4.04. The second-order valence-electron chi connectivity index (χ2n) is 1.19. The molecule has 0 aromatic rings. The van der Waals surface area contributed by atoms with Crippen LogP contribution in [-0.4, -0.2) is 67.3 Å². The van der Waals surface area contributed by atoms with E-state index >= 15 is 0 Å². The van der Waals surface area contributed by atoms with Gasteiger partial charge in [0.15, 0.2) is 0 Å². The normalized spacial score (nSPS) is 7.67. The van der Waals surface area contributed by atoms with E-state index < -0.39 is 6.16 Å². The summed E-state index contributed by atoms with van der Waals surface area (Å²) in [5, 5.41) is 15.9. The van der Waals surface area contributed by atoms with Gasteiger partial charge in [-0.3, -0.25) is 0 Å². The molecule has 0 saturated heterocycles. The molecule has 0 atom stereocenters. The topological polar surface area (TPSA) is 66.8 Å². The molecule has 0 fully saturated rings. The SMILES string of the molecule is O=C(O)OCCCO.[CaH2]. The van der Waals surface area contributed by atoms with Crippen molar-refractivity contribution in [2.75, 3.05) is 13.2 Å². The fraction of sp³-hybridized carbons (Fsp3) is 0.750. The molecule has 4 nitrogen and oxygen atoms in total. The van der Waals surface area contributed by atoms with Crippen LogP contribution in [0.2, 0.25) is 0 Å². The molecule has 2 N–H and O–H groups in total. The van der Waals surface area contributed by atoms with Gasteiger partial charge in [0, 0.05) is 13.0 Å². The molecule has 0 aliphatic rings. The van der Waals surface area contributed by atoms with Crippen LogP contribution in [0.4, 0.5) is 4.79 Å². The predicted octanol–water partition coefficient (Wildman–Crippen LogP) is -0.853. The first-order valence-electron chi connectivity index (χ1n) is 2.24. The molecular formula is C4H10CaO4. The van der Waals surface area contributed by atoms with Crippen molar-refractivity contribution in [3.8, 4) is 0 Å². The first kappa shape index (κ1) is 12.2. The van der Waals surface area contributed by atoms with E-state index in [0.29, 0.717) is 6.42 Å². The predicted molar refractivity (Wildman–Crippen MR) is 34.2 cm³/mol. The van der Waals surface area contributed by atoms with E-state index in [2.05, 4.69) is 4.74 Å². The standard InChI is InChI=1S/C4H8O4.Ca.2H/c5-2-1-3-8-4(6)7;;;/h5H,1-3H2,(H,6,7);;;. The molecule has 9 heavy (non-hydrogen) atoms. The average molecular weight is 162 g/mol.